The lowest BCUT2D eigenvalue weighted by Gasteiger charge is -2.39. The van der Waals surface area contributed by atoms with E-state index in [0.29, 0.717) is 0 Å². The van der Waals surface area contributed by atoms with Crippen LogP contribution in [0.4, 0.5) is 5.95 Å². The molecule has 1 aromatic rings. The van der Waals surface area contributed by atoms with Crippen molar-refractivity contribution < 1.29 is 9.47 Å². The first kappa shape index (κ1) is 11.0. The number of aromatic nitrogens is 2. The smallest absolute Gasteiger partial charge is 0.205 e. The second-order valence-corrected chi connectivity index (χ2v) is 4.65. The first-order valence-corrected chi connectivity index (χ1v) is 6.37. The molecule has 94 valence electrons. The lowest BCUT2D eigenvalue weighted by Crippen LogP contribution is -2.49. The molecule has 0 N–H and O–H groups in total. The Morgan fingerprint density at radius 3 is 3.00 bits per heavy atom. The summed E-state index contributed by atoms with van der Waals surface area (Å²) in [4.78, 5) is 6.72. The van der Waals surface area contributed by atoms with Gasteiger partial charge in [-0.2, -0.15) is 0 Å². The fourth-order valence-electron chi connectivity index (χ4n) is 2.72. The number of rotatable bonds is 2. The van der Waals surface area contributed by atoms with Crippen LogP contribution in [0.2, 0.25) is 0 Å². The molecule has 5 heteroatoms. The van der Waals surface area contributed by atoms with E-state index in [1.54, 1.807) is 0 Å². The van der Waals surface area contributed by atoms with Crippen molar-refractivity contribution in [1.82, 2.24) is 9.55 Å². The van der Waals surface area contributed by atoms with Crippen LogP contribution in [0.1, 0.15) is 19.8 Å². The third kappa shape index (κ3) is 1.93. The Morgan fingerprint density at radius 2 is 2.24 bits per heavy atom. The summed E-state index contributed by atoms with van der Waals surface area (Å²) < 4.78 is 13.7. The number of ether oxygens (including phenoxy) is 2. The van der Waals surface area contributed by atoms with Crippen LogP contribution in [0, 0.1) is 0 Å². The van der Waals surface area contributed by atoms with Gasteiger partial charge in [-0.1, -0.05) is 0 Å². The molecule has 0 aliphatic carbocycles. The van der Waals surface area contributed by atoms with Crippen LogP contribution in [-0.2, 0) is 16.0 Å². The van der Waals surface area contributed by atoms with Gasteiger partial charge in [0.25, 0.3) is 0 Å². The van der Waals surface area contributed by atoms with E-state index in [9.17, 15) is 0 Å². The van der Waals surface area contributed by atoms with Crippen molar-refractivity contribution in [2.75, 3.05) is 31.2 Å². The summed E-state index contributed by atoms with van der Waals surface area (Å²) in [6.07, 6.45) is 5.97. The highest BCUT2D eigenvalue weighted by Crippen LogP contribution is 2.31. The first-order chi connectivity index (χ1) is 8.33. The topological polar surface area (TPSA) is 39.5 Å². The quantitative estimate of drug-likeness (QED) is 0.776. The third-order valence-corrected chi connectivity index (χ3v) is 3.55. The Balaban J connectivity index is 1.79. The average Bonchev–Trinajstić information content (AvgIpc) is 2.98. The van der Waals surface area contributed by atoms with Gasteiger partial charge in [-0.25, -0.2) is 4.98 Å². The zero-order valence-corrected chi connectivity index (χ0v) is 10.3. The number of anilines is 1. The van der Waals surface area contributed by atoms with Crippen molar-refractivity contribution in [2.24, 2.45) is 0 Å². The fourth-order valence-corrected chi connectivity index (χ4v) is 2.72. The third-order valence-electron chi connectivity index (χ3n) is 3.55. The van der Waals surface area contributed by atoms with Crippen LogP contribution in [-0.4, -0.2) is 41.6 Å². The fraction of sp³-hybridized carbons (Fsp3) is 0.750. The number of imidazole rings is 1. The summed E-state index contributed by atoms with van der Waals surface area (Å²) >= 11 is 0. The number of hydrogen-bond acceptors (Lipinski definition) is 4. The number of hydrogen-bond donors (Lipinski definition) is 0. The van der Waals surface area contributed by atoms with Crippen molar-refractivity contribution >= 4 is 5.95 Å². The van der Waals surface area contributed by atoms with E-state index in [1.165, 1.54) is 0 Å². The van der Waals surface area contributed by atoms with Crippen LogP contribution in [0.25, 0.3) is 0 Å². The lowest BCUT2D eigenvalue weighted by molar-refractivity contribution is -0.161. The van der Waals surface area contributed by atoms with E-state index in [1.807, 2.05) is 12.4 Å². The van der Waals surface area contributed by atoms with Crippen LogP contribution in [0.5, 0.6) is 0 Å². The second kappa shape index (κ2) is 4.31. The molecule has 0 saturated carbocycles. The largest absolute Gasteiger partial charge is 0.346 e. The second-order valence-electron chi connectivity index (χ2n) is 4.65. The van der Waals surface area contributed by atoms with Crippen LogP contribution >= 0.6 is 0 Å². The molecule has 3 heterocycles. The zero-order valence-electron chi connectivity index (χ0n) is 10.3. The average molecular weight is 237 g/mol. The van der Waals surface area contributed by atoms with E-state index >= 15 is 0 Å². The van der Waals surface area contributed by atoms with Gasteiger partial charge in [-0.3, -0.25) is 0 Å². The Morgan fingerprint density at radius 1 is 1.41 bits per heavy atom. The highest BCUT2D eigenvalue weighted by Gasteiger charge is 2.41. The summed E-state index contributed by atoms with van der Waals surface area (Å²) in [5, 5.41) is 0. The van der Waals surface area contributed by atoms with Crippen LogP contribution in [0.3, 0.4) is 0 Å². The van der Waals surface area contributed by atoms with Crippen molar-refractivity contribution in [3.8, 4) is 0 Å². The van der Waals surface area contributed by atoms with Crippen molar-refractivity contribution in [3.63, 3.8) is 0 Å². The number of nitrogens with zero attached hydrogens (tertiary/aromatic N) is 3. The summed E-state index contributed by atoms with van der Waals surface area (Å²) in [6, 6.07) is 0. The maximum absolute atomic E-state index is 5.78. The molecular weight excluding hydrogens is 218 g/mol. The van der Waals surface area contributed by atoms with Gasteiger partial charge in [0.2, 0.25) is 5.95 Å². The molecular formula is C12H19N3O2. The maximum atomic E-state index is 5.78. The Kier molecular flexibility index (Phi) is 2.80. The van der Waals surface area contributed by atoms with Gasteiger partial charge < -0.3 is 18.9 Å². The minimum atomic E-state index is -0.372. The van der Waals surface area contributed by atoms with Crippen molar-refractivity contribution in [1.29, 1.82) is 0 Å². The van der Waals surface area contributed by atoms with Crippen LogP contribution < -0.4 is 4.90 Å². The van der Waals surface area contributed by atoms with Crippen LogP contribution in [0.15, 0.2) is 12.4 Å². The molecule has 5 nitrogen and oxygen atoms in total. The minimum Gasteiger partial charge on any atom is -0.346 e. The highest BCUT2D eigenvalue weighted by molar-refractivity contribution is 5.33. The summed E-state index contributed by atoms with van der Waals surface area (Å²) in [6.45, 7) is 6.34. The van der Waals surface area contributed by atoms with Crippen molar-refractivity contribution in [3.05, 3.63) is 12.4 Å². The molecule has 0 amide bonds. The zero-order chi connectivity index (χ0) is 11.7. The van der Waals surface area contributed by atoms with Gasteiger partial charge in [-0.05, 0) is 13.3 Å². The molecule has 2 aliphatic rings. The molecule has 17 heavy (non-hydrogen) atoms. The molecule has 3 rings (SSSR count). The van der Waals surface area contributed by atoms with E-state index in [2.05, 4.69) is 21.4 Å². The van der Waals surface area contributed by atoms with Gasteiger partial charge in [-0.15, -0.1) is 0 Å². The Labute approximate surface area is 101 Å². The lowest BCUT2D eigenvalue weighted by atomic mass is 10.1. The molecule has 0 aromatic carbocycles. The SMILES string of the molecule is CCn1ccnc1N1CCCC2(C1)OCCO2. The standard InChI is InChI=1S/C12H19N3O2/c1-2-14-7-5-13-11(14)15-6-3-4-12(10-15)16-8-9-17-12/h5,7H,2-4,6,8-10H2,1H3. The first-order valence-electron chi connectivity index (χ1n) is 6.37. The Hall–Kier alpha value is -1.07. The number of aryl methyl sites for hydroxylation is 1. The predicted molar refractivity (Wildman–Crippen MR) is 64.0 cm³/mol. The molecule has 0 bridgehead atoms. The van der Waals surface area contributed by atoms with Gasteiger partial charge in [0.1, 0.15) is 0 Å². The molecule has 1 aromatic heterocycles. The maximum Gasteiger partial charge on any atom is 0.205 e. The normalized spacial score (nSPS) is 23.5. The Bertz CT molecular complexity index is 385. The van der Waals surface area contributed by atoms with Gasteiger partial charge in [0.15, 0.2) is 5.79 Å². The van der Waals surface area contributed by atoms with E-state index in [4.69, 9.17) is 9.47 Å². The monoisotopic (exact) mass is 237 g/mol. The van der Waals surface area contributed by atoms with Crippen molar-refractivity contribution in [2.45, 2.75) is 32.1 Å². The number of piperidine rings is 1. The van der Waals surface area contributed by atoms with E-state index in [0.717, 1.165) is 51.6 Å². The molecule has 0 unspecified atom stereocenters. The molecule has 2 fully saturated rings. The van der Waals surface area contributed by atoms with Gasteiger partial charge in [0, 0.05) is 31.9 Å². The molecule has 2 saturated heterocycles. The molecule has 0 atom stereocenters. The molecule has 2 aliphatic heterocycles. The minimum absolute atomic E-state index is 0.372. The van der Waals surface area contributed by atoms with E-state index in [-0.39, 0.29) is 5.79 Å². The molecule has 1 spiro atoms. The van der Waals surface area contributed by atoms with E-state index < -0.39 is 0 Å². The van der Waals surface area contributed by atoms with Gasteiger partial charge in [0.05, 0.1) is 19.8 Å². The summed E-state index contributed by atoms with van der Waals surface area (Å²) in [7, 11) is 0. The summed E-state index contributed by atoms with van der Waals surface area (Å²) in [5.41, 5.74) is 0. The van der Waals surface area contributed by atoms with Gasteiger partial charge >= 0.3 is 0 Å². The predicted octanol–water partition coefficient (Wildman–Crippen LogP) is 1.25. The highest BCUT2D eigenvalue weighted by atomic mass is 16.7. The molecule has 0 radical (unpaired) electrons. The summed E-state index contributed by atoms with van der Waals surface area (Å²) in [5.74, 6) is 0.661.